The Morgan fingerprint density at radius 1 is 1.26 bits per heavy atom. The third kappa shape index (κ3) is 2.20. The molecule has 0 saturated carbocycles. The van der Waals surface area contributed by atoms with E-state index < -0.39 is 34.5 Å². The van der Waals surface area contributed by atoms with E-state index in [0.29, 0.717) is 6.07 Å². The van der Waals surface area contributed by atoms with Crippen molar-refractivity contribution in [2.45, 2.75) is 19.4 Å². The molecule has 0 radical (unpaired) electrons. The second-order valence-corrected chi connectivity index (χ2v) is 5.14. The van der Waals surface area contributed by atoms with Crippen LogP contribution in [-0.4, -0.2) is 34.6 Å². The molecule has 0 unspecified atom stereocenters. The molecule has 104 valence electrons. The molecule has 0 atom stereocenters. The maximum atomic E-state index is 13.5. The molecular formula is C13H14F3NO2. The first-order valence-corrected chi connectivity index (χ1v) is 5.91. The summed E-state index contributed by atoms with van der Waals surface area (Å²) < 4.78 is 39.3. The molecule has 0 bridgehead atoms. The normalized spacial score (nSPS) is 17.5. The van der Waals surface area contributed by atoms with E-state index in [1.165, 1.54) is 4.90 Å². The van der Waals surface area contributed by atoms with E-state index in [2.05, 4.69) is 0 Å². The zero-order valence-electron chi connectivity index (χ0n) is 10.6. The Hall–Kier alpha value is -1.56. The molecule has 1 aliphatic heterocycles. The fourth-order valence-corrected chi connectivity index (χ4v) is 1.98. The van der Waals surface area contributed by atoms with Crippen molar-refractivity contribution in [3.8, 4) is 0 Å². The SMILES string of the molecule is CC(C)C1(O)CN(C(=O)c2ccc(F)c(F)c2F)C1. The Kier molecular flexibility index (Phi) is 3.30. The number of hydrogen-bond acceptors (Lipinski definition) is 2. The molecule has 0 spiro atoms. The van der Waals surface area contributed by atoms with E-state index in [9.17, 15) is 23.1 Å². The van der Waals surface area contributed by atoms with Gasteiger partial charge in [-0.15, -0.1) is 0 Å². The highest BCUT2D eigenvalue weighted by atomic mass is 19.2. The highest BCUT2D eigenvalue weighted by Gasteiger charge is 2.46. The van der Waals surface area contributed by atoms with E-state index in [4.69, 9.17) is 0 Å². The summed E-state index contributed by atoms with van der Waals surface area (Å²) in [6, 6.07) is 1.61. The molecule has 6 heteroatoms. The molecule has 2 rings (SSSR count). The highest BCUT2D eigenvalue weighted by Crippen LogP contribution is 2.30. The van der Waals surface area contributed by atoms with Gasteiger partial charge in [0, 0.05) is 0 Å². The first kappa shape index (κ1) is 13.9. The lowest BCUT2D eigenvalue weighted by atomic mass is 9.82. The number of aliphatic hydroxyl groups is 1. The van der Waals surface area contributed by atoms with Gasteiger partial charge in [0.15, 0.2) is 17.5 Å². The minimum atomic E-state index is -1.66. The van der Waals surface area contributed by atoms with Crippen molar-refractivity contribution in [2.24, 2.45) is 5.92 Å². The lowest BCUT2D eigenvalue weighted by molar-refractivity contribution is -0.111. The lowest BCUT2D eigenvalue weighted by Gasteiger charge is -2.49. The monoisotopic (exact) mass is 273 g/mol. The van der Waals surface area contributed by atoms with E-state index in [-0.39, 0.29) is 19.0 Å². The summed E-state index contributed by atoms with van der Waals surface area (Å²) in [5.41, 5.74) is -1.52. The zero-order chi connectivity index (χ0) is 14.4. The van der Waals surface area contributed by atoms with Gasteiger partial charge in [0.25, 0.3) is 5.91 Å². The van der Waals surface area contributed by atoms with Crippen molar-refractivity contribution in [1.29, 1.82) is 0 Å². The van der Waals surface area contributed by atoms with Crippen LogP contribution in [0, 0.1) is 23.4 Å². The predicted octanol–water partition coefficient (Wildman–Crippen LogP) is 1.95. The summed E-state index contributed by atoms with van der Waals surface area (Å²) in [5.74, 6) is -5.29. The quantitative estimate of drug-likeness (QED) is 0.837. The van der Waals surface area contributed by atoms with E-state index in [0.717, 1.165) is 6.07 Å². The molecule has 1 aromatic carbocycles. The van der Waals surface area contributed by atoms with E-state index in [1.54, 1.807) is 13.8 Å². The van der Waals surface area contributed by atoms with Crippen LogP contribution in [0.5, 0.6) is 0 Å². The van der Waals surface area contributed by atoms with E-state index in [1.807, 2.05) is 0 Å². The number of carbonyl (C=O) groups excluding carboxylic acids is 1. The van der Waals surface area contributed by atoms with Gasteiger partial charge < -0.3 is 10.0 Å². The fraction of sp³-hybridized carbons (Fsp3) is 0.462. The first-order valence-electron chi connectivity index (χ1n) is 5.91. The van der Waals surface area contributed by atoms with Crippen molar-refractivity contribution in [2.75, 3.05) is 13.1 Å². The summed E-state index contributed by atoms with van der Waals surface area (Å²) in [6.45, 7) is 3.73. The van der Waals surface area contributed by atoms with Crippen LogP contribution in [-0.2, 0) is 0 Å². The number of carbonyl (C=O) groups is 1. The van der Waals surface area contributed by atoms with E-state index >= 15 is 0 Å². The summed E-state index contributed by atoms with van der Waals surface area (Å²) in [5, 5.41) is 10.00. The molecule has 1 heterocycles. The Morgan fingerprint density at radius 3 is 2.37 bits per heavy atom. The summed E-state index contributed by atoms with van der Waals surface area (Å²) >= 11 is 0. The first-order chi connectivity index (χ1) is 8.76. The van der Waals surface area contributed by atoms with Gasteiger partial charge in [-0.05, 0) is 18.1 Å². The molecule has 1 aliphatic rings. The molecule has 1 fully saturated rings. The minimum absolute atomic E-state index is 0.0497. The number of hydrogen-bond donors (Lipinski definition) is 1. The number of β-amino-alcohol motifs (C(OH)–C–C–N with tert-alkyl or cyclic N) is 1. The Bertz CT molecular complexity index is 525. The second kappa shape index (κ2) is 4.52. The standard InChI is InChI=1S/C13H14F3NO2/c1-7(2)13(19)5-17(6-13)12(18)8-3-4-9(14)11(16)10(8)15/h3-4,7,19H,5-6H2,1-2H3. The van der Waals surface area contributed by atoms with Crippen LogP contribution in [0.4, 0.5) is 13.2 Å². The number of amides is 1. The third-order valence-corrected chi connectivity index (χ3v) is 3.56. The van der Waals surface area contributed by atoms with Crippen LogP contribution < -0.4 is 0 Å². The van der Waals surface area contributed by atoms with Gasteiger partial charge >= 0.3 is 0 Å². The third-order valence-electron chi connectivity index (χ3n) is 3.56. The van der Waals surface area contributed by atoms with Crippen molar-refractivity contribution in [3.63, 3.8) is 0 Å². The Labute approximate surface area is 108 Å². The number of likely N-dealkylation sites (tertiary alicyclic amines) is 1. The fourth-order valence-electron chi connectivity index (χ4n) is 1.98. The largest absolute Gasteiger partial charge is 0.386 e. The van der Waals surface area contributed by atoms with Crippen LogP contribution in [0.1, 0.15) is 24.2 Å². The highest BCUT2D eigenvalue weighted by molar-refractivity contribution is 5.95. The molecule has 0 aromatic heterocycles. The topological polar surface area (TPSA) is 40.5 Å². The zero-order valence-corrected chi connectivity index (χ0v) is 10.6. The average Bonchev–Trinajstić information content (AvgIpc) is 2.31. The number of halogens is 3. The molecule has 1 N–H and O–H groups in total. The molecule has 0 aliphatic carbocycles. The van der Waals surface area contributed by atoms with Crippen LogP contribution >= 0.6 is 0 Å². The molecule has 1 aromatic rings. The van der Waals surface area contributed by atoms with Crippen LogP contribution in [0.3, 0.4) is 0 Å². The predicted molar refractivity (Wildman–Crippen MR) is 62.0 cm³/mol. The lowest BCUT2D eigenvalue weighted by Crippen LogP contribution is -2.66. The van der Waals surface area contributed by atoms with Gasteiger partial charge in [-0.2, -0.15) is 0 Å². The van der Waals surface area contributed by atoms with Crippen molar-refractivity contribution in [1.82, 2.24) is 4.90 Å². The average molecular weight is 273 g/mol. The molecule has 19 heavy (non-hydrogen) atoms. The van der Waals surface area contributed by atoms with Gasteiger partial charge in [-0.1, -0.05) is 13.8 Å². The van der Waals surface area contributed by atoms with Crippen molar-refractivity contribution in [3.05, 3.63) is 35.1 Å². The molecular weight excluding hydrogens is 259 g/mol. The smallest absolute Gasteiger partial charge is 0.257 e. The second-order valence-electron chi connectivity index (χ2n) is 5.14. The van der Waals surface area contributed by atoms with Crippen LogP contribution in [0.2, 0.25) is 0 Å². The maximum absolute atomic E-state index is 13.5. The van der Waals surface area contributed by atoms with Gasteiger partial charge in [0.05, 0.1) is 18.7 Å². The van der Waals surface area contributed by atoms with Gasteiger partial charge in [-0.3, -0.25) is 4.79 Å². The van der Waals surface area contributed by atoms with Gasteiger partial charge in [0.1, 0.15) is 5.60 Å². The summed E-state index contributed by atoms with van der Waals surface area (Å²) in [6.07, 6.45) is 0. The van der Waals surface area contributed by atoms with Crippen LogP contribution in [0.15, 0.2) is 12.1 Å². The van der Waals surface area contributed by atoms with Gasteiger partial charge in [-0.25, -0.2) is 13.2 Å². The van der Waals surface area contributed by atoms with Crippen molar-refractivity contribution < 1.29 is 23.1 Å². The minimum Gasteiger partial charge on any atom is -0.386 e. The Morgan fingerprint density at radius 2 is 1.84 bits per heavy atom. The molecule has 3 nitrogen and oxygen atoms in total. The number of benzene rings is 1. The van der Waals surface area contributed by atoms with Gasteiger partial charge in [0.2, 0.25) is 0 Å². The van der Waals surface area contributed by atoms with Crippen LogP contribution in [0.25, 0.3) is 0 Å². The maximum Gasteiger partial charge on any atom is 0.257 e. The number of rotatable bonds is 2. The number of nitrogens with zero attached hydrogens (tertiary/aromatic N) is 1. The summed E-state index contributed by atoms with van der Waals surface area (Å²) in [7, 11) is 0. The molecule has 1 amide bonds. The molecule has 1 saturated heterocycles. The van der Waals surface area contributed by atoms with Crippen molar-refractivity contribution >= 4 is 5.91 Å². The Balaban J connectivity index is 2.18. The summed E-state index contributed by atoms with van der Waals surface area (Å²) in [4.78, 5) is 13.1.